The maximum absolute atomic E-state index is 12.9. The minimum atomic E-state index is -3.21. The summed E-state index contributed by atoms with van der Waals surface area (Å²) in [5.41, 5.74) is 2.56. The summed E-state index contributed by atoms with van der Waals surface area (Å²) in [5.74, 6) is 0.644. The van der Waals surface area contributed by atoms with Gasteiger partial charge in [-0.3, -0.25) is 9.48 Å². The number of pyridine rings is 1. The molecule has 0 radical (unpaired) electrons. The molecule has 3 aliphatic rings. The second-order valence-corrected chi connectivity index (χ2v) is 11.8. The summed E-state index contributed by atoms with van der Waals surface area (Å²) in [6.07, 6.45) is 12.2. The lowest BCUT2D eigenvalue weighted by atomic mass is 10.0. The number of nitrogens with one attached hydrogen (secondary N) is 2. The summed E-state index contributed by atoms with van der Waals surface area (Å²) in [5, 5.41) is 8.21. The molecule has 0 bridgehead atoms. The Bertz CT molecular complexity index is 1300. The number of aromatic amines is 1. The Hall–Kier alpha value is -2.72. The average Bonchev–Trinajstić information content (AvgIpc) is 3.34. The molecule has 174 valence electrons. The number of hydrogen-bond acceptors (Lipinski definition) is 5. The fourth-order valence-electron chi connectivity index (χ4n) is 4.96. The number of carbonyl (C=O) groups is 1. The van der Waals surface area contributed by atoms with Crippen molar-refractivity contribution in [3.05, 3.63) is 30.7 Å². The minimum absolute atomic E-state index is 0.0174. The maximum Gasteiger partial charge on any atom is 0.228 e. The third-order valence-electron chi connectivity index (χ3n) is 7.18. The van der Waals surface area contributed by atoms with Gasteiger partial charge in [-0.15, -0.1) is 0 Å². The Morgan fingerprint density at radius 1 is 1.12 bits per heavy atom. The van der Waals surface area contributed by atoms with E-state index in [1.165, 1.54) is 0 Å². The number of amides is 1. The van der Waals surface area contributed by atoms with E-state index in [0.717, 1.165) is 61.5 Å². The Kier molecular flexibility index (Phi) is 5.02. The predicted octanol–water partition coefficient (Wildman–Crippen LogP) is 3.29. The van der Waals surface area contributed by atoms with E-state index in [9.17, 15) is 13.2 Å². The van der Waals surface area contributed by atoms with Gasteiger partial charge in [0.25, 0.3) is 0 Å². The van der Waals surface area contributed by atoms with Gasteiger partial charge in [-0.05, 0) is 43.4 Å². The van der Waals surface area contributed by atoms with E-state index in [4.69, 9.17) is 0 Å². The molecule has 2 aliphatic carbocycles. The molecule has 33 heavy (non-hydrogen) atoms. The first kappa shape index (κ1) is 20.9. The molecule has 0 spiro atoms. The van der Waals surface area contributed by atoms with Gasteiger partial charge in [-0.25, -0.2) is 13.4 Å². The van der Waals surface area contributed by atoms with Crippen LogP contribution in [0.3, 0.4) is 0 Å². The minimum Gasteiger partial charge on any atom is -0.346 e. The number of nitrogens with zero attached hydrogens (tertiary/aromatic N) is 4. The first-order chi connectivity index (χ1) is 16.0. The summed E-state index contributed by atoms with van der Waals surface area (Å²) in [6, 6.07) is 3.89. The van der Waals surface area contributed by atoms with Crippen molar-refractivity contribution in [2.45, 2.75) is 56.2 Å². The van der Waals surface area contributed by atoms with Crippen molar-refractivity contribution in [3.8, 4) is 11.1 Å². The molecule has 0 unspecified atom stereocenters. The normalized spacial score (nSPS) is 20.7. The van der Waals surface area contributed by atoms with Crippen LogP contribution in [0.2, 0.25) is 0 Å². The van der Waals surface area contributed by atoms with Crippen LogP contribution in [0.4, 0.5) is 5.82 Å². The van der Waals surface area contributed by atoms with Gasteiger partial charge in [0.1, 0.15) is 11.5 Å². The van der Waals surface area contributed by atoms with E-state index in [2.05, 4.69) is 20.4 Å². The van der Waals surface area contributed by atoms with E-state index in [1.807, 2.05) is 29.2 Å². The van der Waals surface area contributed by atoms with Crippen molar-refractivity contribution >= 4 is 32.8 Å². The lowest BCUT2D eigenvalue weighted by Crippen LogP contribution is -2.53. The molecule has 3 aromatic heterocycles. The highest BCUT2D eigenvalue weighted by molar-refractivity contribution is 7.89. The van der Waals surface area contributed by atoms with Gasteiger partial charge in [0, 0.05) is 42.4 Å². The topological polar surface area (TPSA) is 113 Å². The van der Waals surface area contributed by atoms with Gasteiger partial charge in [0.15, 0.2) is 0 Å². The largest absolute Gasteiger partial charge is 0.346 e. The van der Waals surface area contributed by atoms with Crippen LogP contribution in [0.1, 0.15) is 51.0 Å². The van der Waals surface area contributed by atoms with Crippen LogP contribution >= 0.6 is 0 Å². The van der Waals surface area contributed by atoms with E-state index in [1.54, 1.807) is 10.5 Å². The van der Waals surface area contributed by atoms with Gasteiger partial charge in [-0.1, -0.05) is 19.3 Å². The fourth-order valence-corrected chi connectivity index (χ4v) is 7.07. The van der Waals surface area contributed by atoms with E-state index >= 15 is 0 Å². The fraction of sp³-hybridized carbons (Fsp3) is 0.522. The zero-order valence-corrected chi connectivity index (χ0v) is 19.2. The Morgan fingerprint density at radius 3 is 2.67 bits per heavy atom. The number of hydrogen-bond donors (Lipinski definition) is 2. The van der Waals surface area contributed by atoms with Crippen molar-refractivity contribution in [2.75, 3.05) is 18.4 Å². The van der Waals surface area contributed by atoms with Crippen molar-refractivity contribution in [1.29, 1.82) is 0 Å². The molecular formula is C23H28N6O3S. The highest BCUT2D eigenvalue weighted by Crippen LogP contribution is 2.35. The maximum atomic E-state index is 12.9. The molecule has 1 saturated heterocycles. The molecule has 3 aromatic rings. The smallest absolute Gasteiger partial charge is 0.228 e. The van der Waals surface area contributed by atoms with Gasteiger partial charge < -0.3 is 10.3 Å². The number of sulfonamides is 1. The van der Waals surface area contributed by atoms with Gasteiger partial charge in [0.2, 0.25) is 15.9 Å². The zero-order valence-electron chi connectivity index (χ0n) is 18.4. The molecule has 3 fully saturated rings. The third kappa shape index (κ3) is 3.85. The highest BCUT2D eigenvalue weighted by atomic mass is 32.2. The Labute approximate surface area is 192 Å². The molecule has 1 aliphatic heterocycles. The van der Waals surface area contributed by atoms with Gasteiger partial charge in [-0.2, -0.15) is 9.40 Å². The van der Waals surface area contributed by atoms with Crippen molar-refractivity contribution in [1.82, 2.24) is 24.1 Å². The first-order valence-corrected chi connectivity index (χ1v) is 13.3. The quantitative estimate of drug-likeness (QED) is 0.576. The summed E-state index contributed by atoms with van der Waals surface area (Å²) >= 11 is 0. The average molecular weight is 469 g/mol. The van der Waals surface area contributed by atoms with Crippen LogP contribution < -0.4 is 5.32 Å². The van der Waals surface area contributed by atoms with E-state index in [-0.39, 0.29) is 23.1 Å². The van der Waals surface area contributed by atoms with Crippen LogP contribution in [0, 0.1) is 5.92 Å². The van der Waals surface area contributed by atoms with E-state index in [0.29, 0.717) is 24.6 Å². The van der Waals surface area contributed by atoms with Crippen molar-refractivity contribution in [2.24, 2.45) is 5.92 Å². The van der Waals surface area contributed by atoms with Crippen molar-refractivity contribution < 1.29 is 13.2 Å². The lowest BCUT2D eigenvalue weighted by Gasteiger charge is -2.40. The number of aromatic nitrogens is 4. The first-order valence-electron chi connectivity index (χ1n) is 11.8. The monoisotopic (exact) mass is 468 g/mol. The number of fused-ring (bicyclic) bond motifs is 1. The molecule has 4 heterocycles. The predicted molar refractivity (Wildman–Crippen MR) is 125 cm³/mol. The number of carbonyl (C=O) groups excluding carboxylic acids is 1. The molecule has 2 N–H and O–H groups in total. The summed E-state index contributed by atoms with van der Waals surface area (Å²) in [4.78, 5) is 19.9. The molecule has 0 aromatic carbocycles. The molecule has 10 heteroatoms. The van der Waals surface area contributed by atoms with Gasteiger partial charge in [0.05, 0.1) is 17.5 Å². The summed E-state index contributed by atoms with van der Waals surface area (Å²) in [7, 11) is -3.21. The Balaban J connectivity index is 1.20. The van der Waals surface area contributed by atoms with Crippen LogP contribution in [0.5, 0.6) is 0 Å². The molecule has 0 atom stereocenters. The lowest BCUT2D eigenvalue weighted by molar-refractivity contribution is -0.117. The third-order valence-corrected chi connectivity index (χ3v) is 9.51. The SMILES string of the molecule is O=C(Nc1cc(-c2cnn(C3CN(S(=O)(=O)C4CCCCC4)C3)c2)c2cc[nH]c2n1)C1CC1. The van der Waals surface area contributed by atoms with Crippen molar-refractivity contribution in [3.63, 3.8) is 0 Å². The summed E-state index contributed by atoms with van der Waals surface area (Å²) < 4.78 is 29.3. The second kappa shape index (κ2) is 7.95. The van der Waals surface area contributed by atoms with Gasteiger partial charge >= 0.3 is 0 Å². The summed E-state index contributed by atoms with van der Waals surface area (Å²) in [6.45, 7) is 0.942. The van der Waals surface area contributed by atoms with Crippen LogP contribution in [-0.4, -0.2) is 56.7 Å². The molecule has 9 nitrogen and oxygen atoms in total. The zero-order chi connectivity index (χ0) is 22.6. The molecular weight excluding hydrogens is 440 g/mol. The Morgan fingerprint density at radius 2 is 1.91 bits per heavy atom. The molecule has 2 saturated carbocycles. The van der Waals surface area contributed by atoms with Crippen LogP contribution in [-0.2, 0) is 14.8 Å². The number of anilines is 1. The van der Waals surface area contributed by atoms with Crippen LogP contribution in [0.25, 0.3) is 22.2 Å². The molecule has 1 amide bonds. The van der Waals surface area contributed by atoms with Crippen LogP contribution in [0.15, 0.2) is 30.7 Å². The second-order valence-electron chi connectivity index (χ2n) is 9.54. The van der Waals surface area contributed by atoms with E-state index < -0.39 is 10.0 Å². The number of rotatable bonds is 6. The number of H-pyrrole nitrogens is 1. The molecule has 6 rings (SSSR count). The highest BCUT2D eigenvalue weighted by Gasteiger charge is 2.41. The standard InChI is InChI=1S/C23H28N6O3S/c30-23(15-6-7-15)27-21-10-20(19-8-9-24-22(19)26-21)16-11-25-29(12-16)17-13-28(14-17)33(31,32)18-4-2-1-3-5-18/h8-12,15,17-18H,1-7,13-14H2,(H2,24,26,27,30).